The zero-order chi connectivity index (χ0) is 12.3. The summed E-state index contributed by atoms with van der Waals surface area (Å²) >= 11 is 3.31. The molecule has 4 nitrogen and oxygen atoms in total. The van der Waals surface area contributed by atoms with E-state index < -0.39 is 0 Å². The van der Waals surface area contributed by atoms with Gasteiger partial charge in [0.15, 0.2) is 11.5 Å². The van der Waals surface area contributed by atoms with E-state index >= 15 is 0 Å². The van der Waals surface area contributed by atoms with Gasteiger partial charge in [-0.3, -0.25) is 4.79 Å². The van der Waals surface area contributed by atoms with Crippen molar-refractivity contribution in [3.05, 3.63) is 23.8 Å². The molecule has 1 aliphatic heterocycles. The number of amides is 1. The summed E-state index contributed by atoms with van der Waals surface area (Å²) in [6.45, 7) is 1.76. The van der Waals surface area contributed by atoms with E-state index in [1.165, 1.54) is 0 Å². The lowest BCUT2D eigenvalue weighted by molar-refractivity contribution is 0.0803. The van der Waals surface area contributed by atoms with Crippen LogP contribution in [0.2, 0.25) is 0 Å². The van der Waals surface area contributed by atoms with Gasteiger partial charge in [-0.15, -0.1) is 0 Å². The molecule has 0 unspecified atom stereocenters. The van der Waals surface area contributed by atoms with E-state index in [0.717, 1.165) is 5.33 Å². The SMILES string of the molecule is CN(CCBr)C(=O)c1ccc2c(c1)OCCO2. The zero-order valence-corrected chi connectivity index (χ0v) is 11.2. The van der Waals surface area contributed by atoms with Gasteiger partial charge in [0, 0.05) is 24.5 Å². The second kappa shape index (κ2) is 5.40. The van der Waals surface area contributed by atoms with Crippen molar-refractivity contribution < 1.29 is 14.3 Å². The first kappa shape index (κ1) is 12.2. The van der Waals surface area contributed by atoms with Crippen LogP contribution in [0.5, 0.6) is 11.5 Å². The van der Waals surface area contributed by atoms with E-state index in [2.05, 4.69) is 15.9 Å². The van der Waals surface area contributed by atoms with E-state index in [0.29, 0.717) is 36.8 Å². The molecule has 1 aliphatic rings. The first-order valence-corrected chi connectivity index (χ1v) is 6.55. The summed E-state index contributed by atoms with van der Waals surface area (Å²) in [5, 5.41) is 0.764. The molecule has 0 aliphatic carbocycles. The number of hydrogen-bond donors (Lipinski definition) is 0. The maximum absolute atomic E-state index is 12.0. The molecule has 0 aromatic heterocycles. The molecular weight excluding hydrogens is 286 g/mol. The average molecular weight is 300 g/mol. The monoisotopic (exact) mass is 299 g/mol. The van der Waals surface area contributed by atoms with Gasteiger partial charge in [-0.25, -0.2) is 0 Å². The third-order valence-electron chi connectivity index (χ3n) is 2.56. The van der Waals surface area contributed by atoms with Crippen molar-refractivity contribution in [3.63, 3.8) is 0 Å². The second-order valence-corrected chi connectivity index (χ2v) is 4.57. The predicted octanol–water partition coefficient (Wildman–Crippen LogP) is 1.92. The van der Waals surface area contributed by atoms with Gasteiger partial charge in [0.1, 0.15) is 13.2 Å². The Kier molecular flexibility index (Phi) is 3.89. The fourth-order valence-electron chi connectivity index (χ4n) is 1.63. The van der Waals surface area contributed by atoms with Crippen molar-refractivity contribution >= 4 is 21.8 Å². The number of benzene rings is 1. The Balaban J connectivity index is 2.19. The summed E-state index contributed by atoms with van der Waals surface area (Å²) < 4.78 is 10.9. The Hall–Kier alpha value is -1.23. The van der Waals surface area contributed by atoms with Crippen molar-refractivity contribution in [2.24, 2.45) is 0 Å². The molecule has 5 heteroatoms. The molecule has 17 heavy (non-hydrogen) atoms. The van der Waals surface area contributed by atoms with Crippen LogP contribution in [0.3, 0.4) is 0 Å². The van der Waals surface area contributed by atoms with E-state index in [1.807, 2.05) is 0 Å². The summed E-state index contributed by atoms with van der Waals surface area (Å²) in [6.07, 6.45) is 0. The first-order chi connectivity index (χ1) is 8.22. The molecule has 0 bridgehead atoms. The summed E-state index contributed by atoms with van der Waals surface area (Å²) in [7, 11) is 1.78. The Morgan fingerprint density at radius 2 is 2.06 bits per heavy atom. The summed E-state index contributed by atoms with van der Waals surface area (Å²) in [4.78, 5) is 13.7. The number of alkyl halides is 1. The van der Waals surface area contributed by atoms with Crippen LogP contribution in [-0.4, -0.2) is 42.9 Å². The van der Waals surface area contributed by atoms with Gasteiger partial charge in [0.25, 0.3) is 5.91 Å². The quantitative estimate of drug-likeness (QED) is 0.801. The van der Waals surface area contributed by atoms with Crippen LogP contribution in [0.4, 0.5) is 0 Å². The standard InChI is InChI=1S/C12H14BrNO3/c1-14(5-4-13)12(15)9-2-3-10-11(8-9)17-7-6-16-10/h2-3,8H,4-7H2,1H3. The summed E-state index contributed by atoms with van der Waals surface area (Å²) in [6, 6.07) is 5.28. The third kappa shape index (κ3) is 2.72. The molecule has 1 aromatic rings. The smallest absolute Gasteiger partial charge is 0.253 e. The molecule has 0 spiro atoms. The number of hydrogen-bond acceptors (Lipinski definition) is 3. The van der Waals surface area contributed by atoms with Crippen molar-refractivity contribution in [3.8, 4) is 11.5 Å². The summed E-state index contributed by atoms with van der Waals surface area (Å²) in [5.41, 5.74) is 0.623. The van der Waals surface area contributed by atoms with Gasteiger partial charge < -0.3 is 14.4 Å². The maximum Gasteiger partial charge on any atom is 0.253 e. The molecule has 0 atom stereocenters. The predicted molar refractivity (Wildman–Crippen MR) is 68.2 cm³/mol. The number of rotatable bonds is 3. The van der Waals surface area contributed by atoms with Crippen LogP contribution in [0.25, 0.3) is 0 Å². The molecular formula is C12H14BrNO3. The largest absolute Gasteiger partial charge is 0.486 e. The highest BCUT2D eigenvalue weighted by Gasteiger charge is 2.16. The van der Waals surface area contributed by atoms with E-state index in [-0.39, 0.29) is 5.91 Å². The zero-order valence-electron chi connectivity index (χ0n) is 9.61. The number of fused-ring (bicyclic) bond motifs is 1. The lowest BCUT2D eigenvalue weighted by atomic mass is 10.1. The van der Waals surface area contributed by atoms with Gasteiger partial charge in [-0.05, 0) is 18.2 Å². The van der Waals surface area contributed by atoms with Crippen LogP contribution in [0.1, 0.15) is 10.4 Å². The Labute approximate surface area is 109 Å². The molecule has 2 rings (SSSR count). The van der Waals surface area contributed by atoms with Crippen LogP contribution < -0.4 is 9.47 Å². The highest BCUT2D eigenvalue weighted by atomic mass is 79.9. The van der Waals surface area contributed by atoms with Gasteiger partial charge in [-0.1, -0.05) is 15.9 Å². The third-order valence-corrected chi connectivity index (χ3v) is 2.91. The van der Waals surface area contributed by atoms with Crippen molar-refractivity contribution in [1.82, 2.24) is 4.90 Å². The summed E-state index contributed by atoms with van der Waals surface area (Å²) in [5.74, 6) is 1.34. The topological polar surface area (TPSA) is 38.8 Å². The number of carbonyl (C=O) groups is 1. The molecule has 1 amide bonds. The maximum atomic E-state index is 12.0. The van der Waals surface area contributed by atoms with Gasteiger partial charge in [0.05, 0.1) is 0 Å². The molecule has 0 saturated heterocycles. The van der Waals surface area contributed by atoms with Crippen LogP contribution in [0, 0.1) is 0 Å². The fraction of sp³-hybridized carbons (Fsp3) is 0.417. The average Bonchev–Trinajstić information content (AvgIpc) is 2.37. The van der Waals surface area contributed by atoms with Crippen LogP contribution in [0.15, 0.2) is 18.2 Å². The molecule has 0 radical (unpaired) electrons. The van der Waals surface area contributed by atoms with Gasteiger partial charge in [-0.2, -0.15) is 0 Å². The normalized spacial score (nSPS) is 13.3. The van der Waals surface area contributed by atoms with Gasteiger partial charge >= 0.3 is 0 Å². The first-order valence-electron chi connectivity index (χ1n) is 5.43. The van der Waals surface area contributed by atoms with Gasteiger partial charge in [0.2, 0.25) is 0 Å². The fourth-order valence-corrected chi connectivity index (χ4v) is 2.16. The van der Waals surface area contributed by atoms with E-state index in [4.69, 9.17) is 9.47 Å². The number of ether oxygens (including phenoxy) is 2. The van der Waals surface area contributed by atoms with E-state index in [9.17, 15) is 4.79 Å². The molecule has 1 heterocycles. The van der Waals surface area contributed by atoms with E-state index in [1.54, 1.807) is 30.1 Å². The molecule has 0 N–H and O–H groups in total. The van der Waals surface area contributed by atoms with Crippen molar-refractivity contribution in [1.29, 1.82) is 0 Å². The minimum Gasteiger partial charge on any atom is -0.486 e. The molecule has 0 fully saturated rings. The lowest BCUT2D eigenvalue weighted by Gasteiger charge is -2.20. The number of halogens is 1. The minimum absolute atomic E-state index is 0.0126. The Morgan fingerprint density at radius 1 is 1.35 bits per heavy atom. The van der Waals surface area contributed by atoms with Crippen LogP contribution >= 0.6 is 15.9 Å². The second-order valence-electron chi connectivity index (χ2n) is 3.77. The molecule has 0 saturated carbocycles. The number of carbonyl (C=O) groups excluding carboxylic acids is 1. The Bertz CT molecular complexity index is 422. The Morgan fingerprint density at radius 3 is 2.76 bits per heavy atom. The minimum atomic E-state index is -0.0126. The molecule has 92 valence electrons. The molecule has 1 aromatic carbocycles. The highest BCUT2D eigenvalue weighted by molar-refractivity contribution is 9.09. The van der Waals surface area contributed by atoms with Crippen molar-refractivity contribution in [2.75, 3.05) is 32.1 Å². The number of nitrogens with zero attached hydrogens (tertiary/aromatic N) is 1. The highest BCUT2D eigenvalue weighted by Crippen LogP contribution is 2.30. The van der Waals surface area contributed by atoms with Crippen molar-refractivity contribution in [2.45, 2.75) is 0 Å². The van der Waals surface area contributed by atoms with Crippen LogP contribution in [-0.2, 0) is 0 Å². The lowest BCUT2D eigenvalue weighted by Crippen LogP contribution is -2.28.